The molecule has 1 aromatic rings. The van der Waals surface area contributed by atoms with Crippen molar-refractivity contribution in [2.24, 2.45) is 4.99 Å². The van der Waals surface area contributed by atoms with Gasteiger partial charge in [0.15, 0.2) is 11.5 Å². The van der Waals surface area contributed by atoms with Crippen molar-refractivity contribution in [3.8, 4) is 11.5 Å². The zero-order valence-electron chi connectivity index (χ0n) is 10.3. The van der Waals surface area contributed by atoms with E-state index >= 15 is 0 Å². The summed E-state index contributed by atoms with van der Waals surface area (Å²) in [6.07, 6.45) is 0.979. The van der Waals surface area contributed by atoms with Crippen molar-refractivity contribution in [3.05, 3.63) is 23.8 Å². The standard InChI is InChI=1S/C13H18N2O2/c1-3-8-17-12-9-10(4-5-11(12)16-2)13-14-6-7-15-13/h4-5,9H,3,6-8H2,1-2H3,(H,14,15). The third-order valence-electron chi connectivity index (χ3n) is 2.57. The van der Waals surface area contributed by atoms with Crippen molar-refractivity contribution in [1.82, 2.24) is 5.32 Å². The Morgan fingerprint density at radius 1 is 1.35 bits per heavy atom. The molecule has 0 saturated carbocycles. The molecule has 4 nitrogen and oxygen atoms in total. The van der Waals surface area contributed by atoms with Gasteiger partial charge in [0.1, 0.15) is 5.84 Å². The smallest absolute Gasteiger partial charge is 0.161 e. The topological polar surface area (TPSA) is 42.8 Å². The summed E-state index contributed by atoms with van der Waals surface area (Å²) < 4.78 is 10.9. The van der Waals surface area contributed by atoms with E-state index in [1.165, 1.54) is 0 Å². The van der Waals surface area contributed by atoms with Gasteiger partial charge in [0.25, 0.3) is 0 Å². The fourth-order valence-electron chi connectivity index (χ4n) is 1.74. The van der Waals surface area contributed by atoms with Crippen LogP contribution in [0.3, 0.4) is 0 Å². The number of hydrogen-bond donors (Lipinski definition) is 1. The van der Waals surface area contributed by atoms with Crippen LogP contribution in [0, 0.1) is 0 Å². The summed E-state index contributed by atoms with van der Waals surface area (Å²) in [4.78, 5) is 4.39. The highest BCUT2D eigenvalue weighted by molar-refractivity contribution is 6.00. The molecule has 0 fully saturated rings. The number of hydrogen-bond acceptors (Lipinski definition) is 4. The van der Waals surface area contributed by atoms with Gasteiger partial charge in [0, 0.05) is 12.1 Å². The van der Waals surface area contributed by atoms with Crippen molar-refractivity contribution in [1.29, 1.82) is 0 Å². The van der Waals surface area contributed by atoms with Crippen LogP contribution in [0.25, 0.3) is 0 Å². The quantitative estimate of drug-likeness (QED) is 0.845. The van der Waals surface area contributed by atoms with E-state index in [9.17, 15) is 0 Å². The molecule has 92 valence electrons. The Kier molecular flexibility index (Phi) is 3.85. The maximum Gasteiger partial charge on any atom is 0.161 e. The molecular weight excluding hydrogens is 216 g/mol. The number of rotatable bonds is 5. The molecule has 0 radical (unpaired) electrons. The average molecular weight is 234 g/mol. The van der Waals surface area contributed by atoms with Gasteiger partial charge in [-0.3, -0.25) is 4.99 Å². The van der Waals surface area contributed by atoms with Gasteiger partial charge in [-0.15, -0.1) is 0 Å². The Morgan fingerprint density at radius 3 is 2.88 bits per heavy atom. The zero-order chi connectivity index (χ0) is 12.1. The Morgan fingerprint density at radius 2 is 2.24 bits per heavy atom. The molecule has 1 N–H and O–H groups in total. The maximum absolute atomic E-state index is 5.67. The Bertz CT molecular complexity index is 416. The normalized spacial score (nSPS) is 14.1. The molecule has 0 saturated heterocycles. The van der Waals surface area contributed by atoms with Crippen LogP contribution in [0.1, 0.15) is 18.9 Å². The monoisotopic (exact) mass is 234 g/mol. The summed E-state index contributed by atoms with van der Waals surface area (Å²) in [5.74, 6) is 2.48. The summed E-state index contributed by atoms with van der Waals surface area (Å²) in [6, 6.07) is 5.89. The van der Waals surface area contributed by atoms with E-state index in [0.717, 1.165) is 42.4 Å². The Hall–Kier alpha value is -1.71. The second-order valence-electron chi connectivity index (χ2n) is 3.87. The van der Waals surface area contributed by atoms with Gasteiger partial charge in [-0.1, -0.05) is 6.92 Å². The number of aliphatic imine (C=N–C) groups is 1. The largest absolute Gasteiger partial charge is 0.493 e. The lowest BCUT2D eigenvalue weighted by Crippen LogP contribution is -2.19. The first-order chi connectivity index (χ1) is 8.35. The summed E-state index contributed by atoms with van der Waals surface area (Å²) >= 11 is 0. The minimum atomic E-state index is 0.694. The molecule has 0 unspecified atom stereocenters. The van der Waals surface area contributed by atoms with E-state index < -0.39 is 0 Å². The van der Waals surface area contributed by atoms with E-state index in [1.54, 1.807) is 7.11 Å². The molecule has 1 aromatic carbocycles. The van der Waals surface area contributed by atoms with Crippen molar-refractivity contribution in [2.75, 3.05) is 26.8 Å². The van der Waals surface area contributed by atoms with Crippen LogP contribution in [-0.4, -0.2) is 32.6 Å². The van der Waals surface area contributed by atoms with Gasteiger partial charge in [0.05, 0.1) is 20.3 Å². The number of nitrogens with zero attached hydrogens (tertiary/aromatic N) is 1. The van der Waals surface area contributed by atoms with Crippen LogP contribution in [-0.2, 0) is 0 Å². The summed E-state index contributed by atoms with van der Waals surface area (Å²) in [5.41, 5.74) is 1.05. The highest BCUT2D eigenvalue weighted by Gasteiger charge is 2.11. The van der Waals surface area contributed by atoms with E-state index in [2.05, 4.69) is 17.2 Å². The third-order valence-corrected chi connectivity index (χ3v) is 2.57. The van der Waals surface area contributed by atoms with Crippen molar-refractivity contribution in [3.63, 3.8) is 0 Å². The third kappa shape index (κ3) is 2.70. The van der Waals surface area contributed by atoms with Gasteiger partial charge in [0.2, 0.25) is 0 Å². The van der Waals surface area contributed by atoms with Crippen molar-refractivity contribution >= 4 is 5.84 Å². The van der Waals surface area contributed by atoms with E-state index in [-0.39, 0.29) is 0 Å². The minimum Gasteiger partial charge on any atom is -0.493 e. The van der Waals surface area contributed by atoms with Crippen LogP contribution >= 0.6 is 0 Å². The molecule has 4 heteroatoms. The molecule has 0 aliphatic carbocycles. The lowest BCUT2D eigenvalue weighted by atomic mass is 10.2. The molecule has 2 rings (SSSR count). The average Bonchev–Trinajstić information content (AvgIpc) is 2.89. The second kappa shape index (κ2) is 5.57. The van der Waals surface area contributed by atoms with Crippen molar-refractivity contribution < 1.29 is 9.47 Å². The van der Waals surface area contributed by atoms with Crippen molar-refractivity contribution in [2.45, 2.75) is 13.3 Å². The van der Waals surface area contributed by atoms with Gasteiger partial charge >= 0.3 is 0 Å². The van der Waals surface area contributed by atoms with E-state index in [4.69, 9.17) is 9.47 Å². The fraction of sp³-hybridized carbons (Fsp3) is 0.462. The number of methoxy groups -OCH3 is 1. The number of nitrogens with one attached hydrogen (secondary N) is 1. The molecule has 0 spiro atoms. The molecule has 0 amide bonds. The second-order valence-corrected chi connectivity index (χ2v) is 3.87. The van der Waals surface area contributed by atoms with Gasteiger partial charge in [-0.25, -0.2) is 0 Å². The highest BCUT2D eigenvalue weighted by atomic mass is 16.5. The molecular formula is C13H18N2O2. The molecule has 0 bridgehead atoms. The first kappa shape index (κ1) is 11.8. The lowest BCUT2D eigenvalue weighted by molar-refractivity contribution is 0.294. The zero-order valence-corrected chi connectivity index (χ0v) is 10.3. The SMILES string of the molecule is CCCOc1cc(C2=NCCN2)ccc1OC. The molecule has 0 atom stereocenters. The number of amidine groups is 1. The van der Waals surface area contributed by atoms with Crippen LogP contribution in [0.2, 0.25) is 0 Å². The Labute approximate surface area is 102 Å². The molecule has 1 aliphatic heterocycles. The van der Waals surface area contributed by atoms with Gasteiger partial charge in [-0.2, -0.15) is 0 Å². The minimum absolute atomic E-state index is 0.694. The molecule has 17 heavy (non-hydrogen) atoms. The van der Waals surface area contributed by atoms with Crippen LogP contribution in [0.5, 0.6) is 11.5 Å². The van der Waals surface area contributed by atoms with Gasteiger partial charge in [-0.05, 0) is 24.6 Å². The first-order valence-electron chi connectivity index (χ1n) is 5.94. The van der Waals surface area contributed by atoms with E-state index in [0.29, 0.717) is 6.61 Å². The van der Waals surface area contributed by atoms with E-state index in [1.807, 2.05) is 18.2 Å². The van der Waals surface area contributed by atoms with Gasteiger partial charge < -0.3 is 14.8 Å². The Balaban J connectivity index is 2.23. The predicted molar refractivity (Wildman–Crippen MR) is 68.2 cm³/mol. The van der Waals surface area contributed by atoms with Crippen LogP contribution in [0.4, 0.5) is 0 Å². The summed E-state index contributed by atoms with van der Waals surface area (Å²) in [7, 11) is 1.65. The predicted octanol–water partition coefficient (Wildman–Crippen LogP) is 1.83. The summed E-state index contributed by atoms with van der Waals surface area (Å²) in [5, 5.41) is 3.25. The lowest BCUT2D eigenvalue weighted by Gasteiger charge is -2.12. The molecule has 0 aromatic heterocycles. The molecule has 1 heterocycles. The fourth-order valence-corrected chi connectivity index (χ4v) is 1.74. The van der Waals surface area contributed by atoms with Crippen LogP contribution in [0.15, 0.2) is 23.2 Å². The summed E-state index contributed by atoms with van der Waals surface area (Å²) in [6.45, 7) is 4.53. The first-order valence-corrected chi connectivity index (χ1v) is 5.94. The molecule has 1 aliphatic rings. The maximum atomic E-state index is 5.67. The number of ether oxygens (including phenoxy) is 2. The van der Waals surface area contributed by atoms with Crippen LogP contribution < -0.4 is 14.8 Å². The number of benzene rings is 1. The highest BCUT2D eigenvalue weighted by Crippen LogP contribution is 2.28.